The Hall–Kier alpha value is -2.26. The maximum Gasteiger partial charge on any atom is 0.302 e. The maximum atomic E-state index is 13.5. The Balaban J connectivity index is 1.64. The number of carbonyl (C=O) groups excluding carboxylic acids is 1. The monoisotopic (exact) mass is 390 g/mol. The van der Waals surface area contributed by atoms with E-state index >= 15 is 0 Å². The summed E-state index contributed by atoms with van der Waals surface area (Å²) < 4.78 is 41.9. The second-order valence-corrected chi connectivity index (χ2v) is 8.36. The highest BCUT2D eigenvalue weighted by molar-refractivity contribution is 8.22. The lowest BCUT2D eigenvalue weighted by atomic mass is 9.91. The van der Waals surface area contributed by atoms with Gasteiger partial charge in [0.1, 0.15) is 5.83 Å². The third kappa shape index (κ3) is 3.37. The van der Waals surface area contributed by atoms with Crippen molar-refractivity contribution in [1.29, 1.82) is 0 Å². The highest BCUT2D eigenvalue weighted by atomic mass is 32.3. The standard InChI is InChI=1S/C19H19FN2O4S/c1-11(23)26-7-6-17-15-8-12(2-5-19(15)27(24,25)22-17)16-10-21-18-9-13(20)3-4-14(16)18/h2-5,8,10,17,22,24-25H,6-7,9H2,1H3. The Morgan fingerprint density at radius 2 is 2.19 bits per heavy atom. The molecule has 1 unspecified atom stereocenters. The quantitative estimate of drug-likeness (QED) is 0.667. The molecule has 0 saturated heterocycles. The van der Waals surface area contributed by atoms with Gasteiger partial charge in [-0.1, -0.05) is 6.07 Å². The van der Waals surface area contributed by atoms with E-state index in [-0.39, 0.29) is 30.9 Å². The third-order valence-electron chi connectivity index (χ3n) is 4.74. The molecule has 3 N–H and O–H groups in total. The minimum absolute atomic E-state index is 0.178. The number of esters is 1. The van der Waals surface area contributed by atoms with E-state index in [1.165, 1.54) is 13.0 Å². The molecular weight excluding hydrogens is 371 g/mol. The Labute approximate surface area is 157 Å². The first-order valence-electron chi connectivity index (χ1n) is 8.52. The van der Waals surface area contributed by atoms with Gasteiger partial charge in [0.25, 0.3) is 0 Å². The van der Waals surface area contributed by atoms with Crippen LogP contribution in [-0.2, 0) is 9.53 Å². The van der Waals surface area contributed by atoms with Gasteiger partial charge in [0, 0.05) is 37.1 Å². The van der Waals surface area contributed by atoms with E-state index < -0.39 is 10.8 Å². The van der Waals surface area contributed by atoms with Crippen molar-refractivity contribution < 1.29 is 23.0 Å². The molecule has 0 fully saturated rings. The molecule has 4 rings (SSSR count). The summed E-state index contributed by atoms with van der Waals surface area (Å²) in [5.41, 5.74) is 4.07. The average molecular weight is 390 g/mol. The van der Waals surface area contributed by atoms with Crippen molar-refractivity contribution in [3.63, 3.8) is 0 Å². The predicted octanol–water partition coefficient (Wildman–Crippen LogP) is 4.29. The number of rotatable bonds is 4. The van der Waals surface area contributed by atoms with E-state index in [0.717, 1.165) is 22.3 Å². The molecule has 0 saturated carbocycles. The first-order valence-corrected chi connectivity index (χ1v) is 10.1. The Bertz CT molecular complexity index is 949. The Morgan fingerprint density at radius 1 is 1.37 bits per heavy atom. The molecule has 1 atom stereocenters. The molecule has 0 bridgehead atoms. The lowest BCUT2D eigenvalue weighted by Crippen LogP contribution is -2.19. The number of benzene rings is 1. The van der Waals surface area contributed by atoms with Crippen LogP contribution in [0, 0.1) is 0 Å². The van der Waals surface area contributed by atoms with Gasteiger partial charge < -0.3 is 4.74 Å². The zero-order valence-electron chi connectivity index (χ0n) is 14.6. The van der Waals surface area contributed by atoms with Crippen molar-refractivity contribution in [3.05, 3.63) is 59.1 Å². The largest absolute Gasteiger partial charge is 0.466 e. The lowest BCUT2D eigenvalue weighted by Gasteiger charge is -2.28. The van der Waals surface area contributed by atoms with E-state index in [1.54, 1.807) is 18.3 Å². The van der Waals surface area contributed by atoms with Gasteiger partial charge in [-0.15, -0.1) is 10.8 Å². The van der Waals surface area contributed by atoms with Crippen molar-refractivity contribution >= 4 is 28.0 Å². The van der Waals surface area contributed by atoms with Crippen molar-refractivity contribution in [1.82, 2.24) is 4.72 Å². The van der Waals surface area contributed by atoms with E-state index in [4.69, 9.17) is 4.74 Å². The van der Waals surface area contributed by atoms with Crippen LogP contribution < -0.4 is 4.72 Å². The number of hydrogen-bond donors (Lipinski definition) is 3. The fourth-order valence-corrected chi connectivity index (χ4v) is 5.05. The second kappa shape index (κ2) is 6.72. The number of hydrogen-bond acceptors (Lipinski definition) is 6. The zero-order chi connectivity index (χ0) is 19.2. The van der Waals surface area contributed by atoms with E-state index in [9.17, 15) is 18.3 Å². The summed E-state index contributed by atoms with van der Waals surface area (Å²) in [7, 11) is -3.09. The third-order valence-corrected chi connectivity index (χ3v) is 6.34. The summed E-state index contributed by atoms with van der Waals surface area (Å²) in [6.45, 7) is 1.51. The van der Waals surface area contributed by atoms with Gasteiger partial charge in [-0.25, -0.2) is 9.11 Å². The summed E-state index contributed by atoms with van der Waals surface area (Å²) in [6.07, 6.45) is 5.48. The van der Waals surface area contributed by atoms with Crippen LogP contribution in [0.4, 0.5) is 4.39 Å². The molecule has 0 aromatic heterocycles. The van der Waals surface area contributed by atoms with E-state index in [0.29, 0.717) is 17.0 Å². The fraction of sp³-hybridized carbons (Fsp3) is 0.263. The van der Waals surface area contributed by atoms with Crippen LogP contribution in [0.15, 0.2) is 57.8 Å². The number of nitrogens with one attached hydrogen (secondary N) is 1. The number of ether oxygens (including phenoxy) is 1. The molecule has 0 spiro atoms. The number of nitrogens with zero attached hydrogens (tertiary/aromatic N) is 1. The Kier molecular flexibility index (Phi) is 4.51. The molecule has 27 heavy (non-hydrogen) atoms. The minimum Gasteiger partial charge on any atom is -0.466 e. The van der Waals surface area contributed by atoms with E-state index in [1.807, 2.05) is 12.1 Å². The van der Waals surface area contributed by atoms with Gasteiger partial charge in [0.15, 0.2) is 0 Å². The predicted molar refractivity (Wildman–Crippen MR) is 102 cm³/mol. The summed E-state index contributed by atoms with van der Waals surface area (Å²) >= 11 is 0. The fourth-order valence-electron chi connectivity index (χ4n) is 3.49. The molecule has 6 nitrogen and oxygen atoms in total. The lowest BCUT2D eigenvalue weighted by molar-refractivity contribution is -0.141. The molecule has 0 amide bonds. The number of carbonyl (C=O) groups is 1. The first-order chi connectivity index (χ1) is 12.8. The van der Waals surface area contributed by atoms with Crippen LogP contribution in [0.5, 0.6) is 0 Å². The van der Waals surface area contributed by atoms with Gasteiger partial charge in [-0.2, -0.15) is 0 Å². The van der Waals surface area contributed by atoms with Crippen molar-refractivity contribution in [2.75, 3.05) is 6.61 Å². The normalized spacial score (nSPS) is 23.5. The molecule has 142 valence electrons. The number of allylic oxidation sites excluding steroid dienone is 5. The van der Waals surface area contributed by atoms with Crippen LogP contribution in [0.2, 0.25) is 0 Å². The zero-order valence-corrected chi connectivity index (χ0v) is 15.4. The second-order valence-electron chi connectivity index (χ2n) is 6.59. The van der Waals surface area contributed by atoms with Crippen molar-refractivity contribution in [3.8, 4) is 0 Å². The Morgan fingerprint density at radius 3 is 2.96 bits per heavy atom. The van der Waals surface area contributed by atoms with Crippen LogP contribution in [0.25, 0.3) is 5.57 Å². The number of halogens is 1. The highest BCUT2D eigenvalue weighted by Crippen LogP contribution is 2.56. The van der Waals surface area contributed by atoms with Gasteiger partial charge in [-0.3, -0.25) is 18.9 Å². The molecule has 3 aliphatic rings. The van der Waals surface area contributed by atoms with Gasteiger partial charge in [0.05, 0.1) is 23.3 Å². The molecular formula is C19H19FN2O4S. The molecule has 0 radical (unpaired) electrons. The SMILES string of the molecule is CC(=O)OCCC1NS(O)(O)c2ccc(C3=CN=C4CC(F)=CC=C34)cc21. The molecule has 2 aliphatic heterocycles. The minimum atomic E-state index is -3.09. The van der Waals surface area contributed by atoms with Crippen molar-refractivity contribution in [2.24, 2.45) is 4.99 Å². The van der Waals surface area contributed by atoms with Crippen LogP contribution in [0.1, 0.15) is 36.9 Å². The highest BCUT2D eigenvalue weighted by Gasteiger charge is 2.35. The van der Waals surface area contributed by atoms with Gasteiger partial charge in [0.2, 0.25) is 0 Å². The average Bonchev–Trinajstić information content (AvgIpc) is 3.13. The van der Waals surface area contributed by atoms with Gasteiger partial charge in [-0.05, 0) is 35.4 Å². The topological polar surface area (TPSA) is 91.2 Å². The van der Waals surface area contributed by atoms with Crippen LogP contribution >= 0.6 is 10.8 Å². The number of aliphatic imine (C=N–C) groups is 1. The smallest absolute Gasteiger partial charge is 0.302 e. The molecule has 8 heteroatoms. The van der Waals surface area contributed by atoms with Crippen molar-refractivity contribution in [2.45, 2.75) is 30.7 Å². The van der Waals surface area contributed by atoms with Crippen LogP contribution in [-0.4, -0.2) is 27.4 Å². The molecule has 1 aromatic carbocycles. The first kappa shape index (κ1) is 18.1. The summed E-state index contributed by atoms with van der Waals surface area (Å²) in [5.74, 6) is -0.594. The summed E-state index contributed by atoms with van der Waals surface area (Å²) in [4.78, 5) is 15.7. The summed E-state index contributed by atoms with van der Waals surface area (Å²) in [6, 6.07) is 5.05. The van der Waals surface area contributed by atoms with Gasteiger partial charge >= 0.3 is 5.97 Å². The number of fused-ring (bicyclic) bond motifs is 2. The molecule has 1 aromatic rings. The molecule has 1 aliphatic carbocycles. The molecule has 2 heterocycles. The summed E-state index contributed by atoms with van der Waals surface area (Å²) in [5, 5.41) is 0. The maximum absolute atomic E-state index is 13.5. The van der Waals surface area contributed by atoms with Crippen LogP contribution in [0.3, 0.4) is 0 Å². The van der Waals surface area contributed by atoms with E-state index in [2.05, 4.69) is 9.71 Å².